The van der Waals surface area contributed by atoms with Crippen molar-refractivity contribution >= 4 is 46.2 Å². The summed E-state index contributed by atoms with van der Waals surface area (Å²) in [5, 5.41) is 16.4. The van der Waals surface area contributed by atoms with Crippen molar-refractivity contribution < 1.29 is 9.72 Å². The Labute approximate surface area is 161 Å². The van der Waals surface area contributed by atoms with Crippen molar-refractivity contribution in [2.75, 3.05) is 5.32 Å². The van der Waals surface area contributed by atoms with E-state index < -0.39 is 10.8 Å². The Balaban J connectivity index is 2.08. The van der Waals surface area contributed by atoms with Gasteiger partial charge in [-0.15, -0.1) is 0 Å². The molecule has 6 nitrogen and oxygen atoms in total. The van der Waals surface area contributed by atoms with E-state index in [1.807, 2.05) is 12.1 Å². The minimum Gasteiger partial charge on any atom is -0.327 e. The van der Waals surface area contributed by atoms with E-state index in [1.165, 1.54) is 18.2 Å². The van der Waals surface area contributed by atoms with E-state index in [9.17, 15) is 14.9 Å². The first-order chi connectivity index (χ1) is 12.1. The fourth-order valence-electron chi connectivity index (χ4n) is 2.21. The maximum absolute atomic E-state index is 12.3. The van der Waals surface area contributed by atoms with Crippen LogP contribution in [0, 0.1) is 10.1 Å². The van der Waals surface area contributed by atoms with Crippen LogP contribution in [0.5, 0.6) is 0 Å². The van der Waals surface area contributed by atoms with Crippen molar-refractivity contribution in [1.29, 1.82) is 0 Å². The van der Waals surface area contributed by atoms with Crippen molar-refractivity contribution in [3.63, 3.8) is 0 Å². The summed E-state index contributed by atoms with van der Waals surface area (Å²) in [5.41, 5.74) is 1.44. The summed E-state index contributed by atoms with van der Waals surface area (Å²) in [5.74, 6) is -0.403. The minimum absolute atomic E-state index is 0.0145. The fourth-order valence-corrected chi connectivity index (χ4v) is 2.58. The predicted octanol–water partition coefficient (Wildman–Crippen LogP) is 4.67. The van der Waals surface area contributed by atoms with Gasteiger partial charge in [0.2, 0.25) is 0 Å². The Morgan fingerprint density at radius 1 is 1.15 bits per heavy atom. The van der Waals surface area contributed by atoms with Gasteiger partial charge in [-0.05, 0) is 47.5 Å². The largest absolute Gasteiger partial charge is 0.327 e. The number of halogens is 1. The number of nitrogens with one attached hydrogen (secondary N) is 2. The molecule has 0 aromatic heterocycles. The van der Waals surface area contributed by atoms with Gasteiger partial charge in [-0.25, -0.2) is 0 Å². The first kappa shape index (κ1) is 19.8. The highest BCUT2D eigenvalue weighted by Gasteiger charge is 2.17. The summed E-state index contributed by atoms with van der Waals surface area (Å²) in [4.78, 5) is 22.8. The molecule has 0 unspecified atom stereocenters. The van der Waals surface area contributed by atoms with Crippen LogP contribution in [0.15, 0.2) is 42.5 Å². The number of hydrogen-bond donors (Lipinski definition) is 2. The third-order valence-electron chi connectivity index (χ3n) is 3.64. The molecule has 2 aromatic carbocycles. The zero-order valence-corrected chi connectivity index (χ0v) is 16.1. The molecule has 0 aliphatic heterocycles. The SMILES string of the molecule is CC(C)(C)c1ccc(C(=O)NC(=S)Nc2ccc(Cl)cc2[N+](=O)[O-])cc1. The molecule has 2 rings (SSSR count). The smallest absolute Gasteiger partial charge is 0.294 e. The number of nitro groups is 1. The summed E-state index contributed by atoms with van der Waals surface area (Å²) in [6.45, 7) is 6.25. The molecule has 2 N–H and O–H groups in total. The number of carbonyl (C=O) groups excluding carboxylic acids is 1. The number of rotatable bonds is 3. The van der Waals surface area contributed by atoms with Gasteiger partial charge < -0.3 is 5.32 Å². The number of anilines is 1. The van der Waals surface area contributed by atoms with Gasteiger partial charge in [0, 0.05) is 16.7 Å². The van der Waals surface area contributed by atoms with Crippen LogP contribution in [0.4, 0.5) is 11.4 Å². The second-order valence-electron chi connectivity index (χ2n) is 6.65. The minimum atomic E-state index is -0.579. The molecule has 0 heterocycles. The summed E-state index contributed by atoms with van der Waals surface area (Å²) in [6.07, 6.45) is 0. The third-order valence-corrected chi connectivity index (χ3v) is 4.08. The lowest BCUT2D eigenvalue weighted by Gasteiger charge is -2.19. The molecular weight excluding hydrogens is 374 g/mol. The molecule has 26 heavy (non-hydrogen) atoms. The number of nitro benzene ring substituents is 1. The second-order valence-corrected chi connectivity index (χ2v) is 7.50. The molecule has 0 fully saturated rings. The van der Waals surface area contributed by atoms with Crippen molar-refractivity contribution in [3.8, 4) is 0 Å². The molecule has 0 radical (unpaired) electrons. The van der Waals surface area contributed by atoms with E-state index in [0.717, 1.165) is 5.56 Å². The molecule has 0 atom stereocenters. The van der Waals surface area contributed by atoms with Gasteiger partial charge in [-0.3, -0.25) is 20.2 Å². The van der Waals surface area contributed by atoms with Crippen molar-refractivity contribution in [1.82, 2.24) is 5.32 Å². The second kappa shape index (κ2) is 7.80. The van der Waals surface area contributed by atoms with E-state index in [4.69, 9.17) is 23.8 Å². The predicted molar refractivity (Wildman–Crippen MR) is 107 cm³/mol. The van der Waals surface area contributed by atoms with Crippen LogP contribution in [-0.2, 0) is 5.41 Å². The number of benzene rings is 2. The van der Waals surface area contributed by atoms with Crippen LogP contribution < -0.4 is 10.6 Å². The van der Waals surface area contributed by atoms with E-state index in [2.05, 4.69) is 31.4 Å². The lowest BCUT2D eigenvalue weighted by Crippen LogP contribution is -2.34. The molecule has 8 heteroatoms. The molecule has 136 valence electrons. The zero-order chi connectivity index (χ0) is 19.5. The van der Waals surface area contributed by atoms with Crippen LogP contribution in [0.1, 0.15) is 36.7 Å². The number of hydrogen-bond acceptors (Lipinski definition) is 4. The molecule has 0 aliphatic rings. The fraction of sp³-hybridized carbons (Fsp3) is 0.222. The van der Waals surface area contributed by atoms with Crippen molar-refractivity contribution in [2.45, 2.75) is 26.2 Å². The quantitative estimate of drug-likeness (QED) is 0.451. The van der Waals surface area contributed by atoms with Crippen molar-refractivity contribution in [3.05, 3.63) is 68.7 Å². The van der Waals surface area contributed by atoms with Crippen molar-refractivity contribution in [2.24, 2.45) is 0 Å². The van der Waals surface area contributed by atoms with Gasteiger partial charge in [-0.1, -0.05) is 44.5 Å². The highest BCUT2D eigenvalue weighted by atomic mass is 35.5. The van der Waals surface area contributed by atoms with Crippen LogP contribution >= 0.6 is 23.8 Å². The number of amides is 1. The summed E-state index contributed by atoms with van der Waals surface area (Å²) in [6, 6.07) is 11.3. The third kappa shape index (κ3) is 5.00. The monoisotopic (exact) mass is 391 g/mol. The zero-order valence-electron chi connectivity index (χ0n) is 14.5. The highest BCUT2D eigenvalue weighted by molar-refractivity contribution is 7.80. The summed E-state index contributed by atoms with van der Waals surface area (Å²) in [7, 11) is 0. The first-order valence-electron chi connectivity index (χ1n) is 7.75. The summed E-state index contributed by atoms with van der Waals surface area (Å²) < 4.78 is 0. The molecule has 0 saturated carbocycles. The van der Waals surface area contributed by atoms with Crippen LogP contribution in [0.3, 0.4) is 0 Å². The Morgan fingerprint density at radius 3 is 2.31 bits per heavy atom. The first-order valence-corrected chi connectivity index (χ1v) is 8.53. The molecule has 0 aliphatic carbocycles. The topological polar surface area (TPSA) is 84.3 Å². The standard InChI is InChI=1S/C18H18ClN3O3S/c1-18(2,3)12-6-4-11(5-7-12)16(23)21-17(26)20-14-9-8-13(19)10-15(14)22(24)25/h4-10H,1-3H3,(H2,20,21,23,26). The lowest BCUT2D eigenvalue weighted by atomic mass is 9.87. The van der Waals surface area contributed by atoms with Gasteiger partial charge in [0.15, 0.2) is 5.11 Å². The lowest BCUT2D eigenvalue weighted by molar-refractivity contribution is -0.383. The average Bonchev–Trinajstić information content (AvgIpc) is 2.55. The van der Waals surface area contributed by atoms with E-state index in [1.54, 1.807) is 12.1 Å². The maximum Gasteiger partial charge on any atom is 0.294 e. The molecule has 0 saturated heterocycles. The summed E-state index contributed by atoms with van der Waals surface area (Å²) >= 11 is 10.8. The molecule has 0 bridgehead atoms. The number of carbonyl (C=O) groups is 1. The van der Waals surface area contributed by atoms with Gasteiger partial charge >= 0.3 is 0 Å². The highest BCUT2D eigenvalue weighted by Crippen LogP contribution is 2.27. The van der Waals surface area contributed by atoms with E-state index in [0.29, 0.717) is 5.56 Å². The molecule has 0 spiro atoms. The van der Waals surface area contributed by atoms with E-state index in [-0.39, 0.29) is 26.9 Å². The van der Waals surface area contributed by atoms with Crippen LogP contribution in [-0.4, -0.2) is 15.9 Å². The maximum atomic E-state index is 12.3. The molecule has 1 amide bonds. The van der Waals surface area contributed by atoms with Crippen LogP contribution in [0.2, 0.25) is 5.02 Å². The van der Waals surface area contributed by atoms with E-state index >= 15 is 0 Å². The Morgan fingerprint density at radius 2 is 1.77 bits per heavy atom. The Bertz CT molecular complexity index is 861. The van der Waals surface area contributed by atoms with Gasteiger partial charge in [0.1, 0.15) is 5.69 Å². The normalized spacial score (nSPS) is 10.9. The van der Waals surface area contributed by atoms with Gasteiger partial charge in [0.05, 0.1) is 4.92 Å². The van der Waals surface area contributed by atoms with Gasteiger partial charge in [-0.2, -0.15) is 0 Å². The number of thiocarbonyl (C=S) groups is 1. The number of nitrogens with zero attached hydrogens (tertiary/aromatic N) is 1. The average molecular weight is 392 g/mol. The van der Waals surface area contributed by atoms with Crippen LogP contribution in [0.25, 0.3) is 0 Å². The Hall–Kier alpha value is -2.51. The Kier molecular flexibility index (Phi) is 5.94. The van der Waals surface area contributed by atoms with Gasteiger partial charge in [0.25, 0.3) is 11.6 Å². The molecule has 2 aromatic rings. The molecular formula is C18H18ClN3O3S.